The minimum atomic E-state index is -3.62. The quantitative estimate of drug-likeness (QED) is 0.231. The monoisotopic (exact) mass is 633 g/mol. The molecule has 0 aliphatic heterocycles. The first-order valence-electron chi connectivity index (χ1n) is 13.5. The van der Waals surface area contributed by atoms with E-state index in [2.05, 4.69) is 14.7 Å². The van der Waals surface area contributed by atoms with Crippen LogP contribution in [-0.2, 0) is 10.0 Å². The summed E-state index contributed by atoms with van der Waals surface area (Å²) >= 11 is 1.44. The first kappa shape index (κ1) is 29.3. The summed E-state index contributed by atoms with van der Waals surface area (Å²) in [6.07, 6.45) is 2.88. The highest BCUT2D eigenvalue weighted by Crippen LogP contribution is 2.39. The average molecular weight is 634 g/mol. The number of aryl methyl sites for hydroxylation is 1. The molecule has 0 bridgehead atoms. The molecule has 6 rings (SSSR count). The maximum Gasteiger partial charge on any atom is 0.264 e. The van der Waals surface area contributed by atoms with Crippen LogP contribution in [0.25, 0.3) is 38.2 Å². The van der Waals surface area contributed by atoms with Gasteiger partial charge < -0.3 is 10.5 Å². The lowest BCUT2D eigenvalue weighted by Crippen LogP contribution is -2.22. The van der Waals surface area contributed by atoms with Gasteiger partial charge in [0.2, 0.25) is 10.0 Å². The second-order valence-corrected chi connectivity index (χ2v) is 12.9. The zero-order valence-corrected chi connectivity index (χ0v) is 25.8. The molecule has 14 heteroatoms. The summed E-state index contributed by atoms with van der Waals surface area (Å²) in [6.45, 7) is 3.81. The average Bonchev–Trinajstić information content (AvgIpc) is 3.54. The fourth-order valence-corrected chi connectivity index (χ4v) is 6.98. The van der Waals surface area contributed by atoms with E-state index in [1.807, 2.05) is 25.3 Å². The maximum absolute atomic E-state index is 14.5. The number of rotatable bonds is 8. The van der Waals surface area contributed by atoms with Crippen molar-refractivity contribution < 1.29 is 17.5 Å². The Hall–Kier alpha value is -4.82. The number of nitrogen functional groups attached to an aromatic ring is 1. The summed E-state index contributed by atoms with van der Waals surface area (Å²) in [5.41, 5.74) is 9.92. The number of nitrogens with zero attached hydrogens (tertiary/aromatic N) is 5. The lowest BCUT2D eigenvalue weighted by molar-refractivity contribution is 0.417. The van der Waals surface area contributed by atoms with Crippen LogP contribution in [0.4, 0.5) is 15.9 Å². The van der Waals surface area contributed by atoms with Crippen molar-refractivity contribution >= 4 is 48.7 Å². The number of fused-ring (bicyclic) bond motifs is 2. The molecule has 0 amide bonds. The number of ether oxygens (including phenoxy) is 1. The van der Waals surface area contributed by atoms with Crippen molar-refractivity contribution in [2.24, 2.45) is 0 Å². The third-order valence-corrected chi connectivity index (χ3v) is 8.94. The number of methoxy groups -OCH3 is 1. The number of aromatic nitrogens is 5. The number of anilines is 2. The molecule has 4 heterocycles. The van der Waals surface area contributed by atoms with Gasteiger partial charge in [0.15, 0.2) is 5.65 Å². The van der Waals surface area contributed by atoms with Gasteiger partial charge in [-0.3, -0.25) is 13.9 Å². The topological polar surface area (TPSA) is 146 Å². The van der Waals surface area contributed by atoms with Gasteiger partial charge in [-0.15, -0.1) is 11.3 Å². The Bertz CT molecular complexity index is 2240. The van der Waals surface area contributed by atoms with Crippen LogP contribution in [-0.4, -0.2) is 45.9 Å². The van der Waals surface area contributed by atoms with Gasteiger partial charge in [0.05, 0.1) is 36.0 Å². The minimum absolute atomic E-state index is 0.175. The van der Waals surface area contributed by atoms with Gasteiger partial charge in [0.25, 0.3) is 5.56 Å². The predicted molar refractivity (Wildman–Crippen MR) is 170 cm³/mol. The molecule has 0 aliphatic rings. The van der Waals surface area contributed by atoms with Gasteiger partial charge in [0, 0.05) is 16.6 Å². The van der Waals surface area contributed by atoms with Crippen LogP contribution >= 0.6 is 11.3 Å². The largest absolute Gasteiger partial charge is 0.495 e. The van der Waals surface area contributed by atoms with Crippen LogP contribution in [0.15, 0.2) is 65.0 Å². The van der Waals surface area contributed by atoms with Gasteiger partial charge in [-0.25, -0.2) is 27.5 Å². The standard InChI is InChI=1S/C30H28FN7O4S2/c1-5-22(20-13-24-37(16(2)14-43-24)30(39)25(20)17-7-6-8-19(31)11-17)38-29-26(28(32)33-15-34-29)27(35-38)18-9-10-23(42-3)21(12-18)36-44(4,40)41/h6-15,22,36H,5H2,1-4H3,(H2,32,33,34). The number of nitrogens with two attached hydrogens (primary N) is 1. The molecule has 6 aromatic rings. The van der Waals surface area contributed by atoms with Crippen molar-refractivity contribution in [3.8, 4) is 28.1 Å². The molecule has 0 radical (unpaired) electrons. The molecule has 44 heavy (non-hydrogen) atoms. The molecule has 4 aromatic heterocycles. The van der Waals surface area contributed by atoms with Crippen LogP contribution in [0.5, 0.6) is 5.75 Å². The zero-order valence-electron chi connectivity index (χ0n) is 24.2. The minimum Gasteiger partial charge on any atom is -0.495 e. The third-order valence-electron chi connectivity index (χ3n) is 7.35. The normalized spacial score (nSPS) is 12.6. The number of hydrogen-bond donors (Lipinski definition) is 2. The number of nitrogens with one attached hydrogen (secondary N) is 1. The summed E-state index contributed by atoms with van der Waals surface area (Å²) < 4.78 is 49.8. The Morgan fingerprint density at radius 1 is 1.14 bits per heavy atom. The highest BCUT2D eigenvalue weighted by molar-refractivity contribution is 7.92. The molecule has 0 spiro atoms. The molecular weight excluding hydrogens is 606 g/mol. The molecule has 0 fully saturated rings. The highest BCUT2D eigenvalue weighted by atomic mass is 32.2. The smallest absolute Gasteiger partial charge is 0.264 e. The Morgan fingerprint density at radius 3 is 2.64 bits per heavy atom. The fourth-order valence-electron chi connectivity index (χ4n) is 5.50. The molecule has 0 saturated carbocycles. The lowest BCUT2D eigenvalue weighted by atomic mass is 9.95. The third kappa shape index (κ3) is 5.05. The van der Waals surface area contributed by atoms with Crippen LogP contribution in [0, 0.1) is 12.7 Å². The van der Waals surface area contributed by atoms with E-state index < -0.39 is 21.9 Å². The summed E-state index contributed by atoms with van der Waals surface area (Å²) in [4.78, 5) is 23.5. The van der Waals surface area contributed by atoms with Crippen molar-refractivity contribution in [1.29, 1.82) is 0 Å². The van der Waals surface area contributed by atoms with Crippen LogP contribution in [0.2, 0.25) is 0 Å². The van der Waals surface area contributed by atoms with E-state index in [4.69, 9.17) is 15.6 Å². The van der Waals surface area contributed by atoms with E-state index in [9.17, 15) is 17.6 Å². The number of thiazole rings is 1. The number of hydrogen-bond acceptors (Lipinski definition) is 9. The second-order valence-electron chi connectivity index (χ2n) is 10.3. The summed E-state index contributed by atoms with van der Waals surface area (Å²) in [6, 6.07) is 12.3. The van der Waals surface area contributed by atoms with Crippen LogP contribution in [0.3, 0.4) is 0 Å². The first-order chi connectivity index (χ1) is 21.0. The Kier molecular flexibility index (Phi) is 7.33. The van der Waals surface area contributed by atoms with Crippen molar-refractivity contribution in [3.63, 3.8) is 0 Å². The van der Waals surface area contributed by atoms with Crippen molar-refractivity contribution in [3.05, 3.63) is 87.7 Å². The number of pyridine rings is 1. The van der Waals surface area contributed by atoms with Gasteiger partial charge in [-0.05, 0) is 60.9 Å². The predicted octanol–water partition coefficient (Wildman–Crippen LogP) is 5.24. The first-order valence-corrected chi connectivity index (χ1v) is 16.3. The lowest BCUT2D eigenvalue weighted by Gasteiger charge is -2.21. The fraction of sp³-hybridized carbons (Fsp3) is 0.200. The second kappa shape index (κ2) is 11.0. The Morgan fingerprint density at radius 2 is 1.93 bits per heavy atom. The highest BCUT2D eigenvalue weighted by Gasteiger charge is 2.27. The molecule has 0 saturated heterocycles. The Labute approximate surface area is 255 Å². The van der Waals surface area contributed by atoms with Gasteiger partial charge in [0.1, 0.15) is 34.2 Å². The van der Waals surface area contributed by atoms with E-state index in [0.717, 1.165) is 16.8 Å². The van der Waals surface area contributed by atoms with E-state index in [0.29, 0.717) is 51.2 Å². The van der Waals surface area contributed by atoms with Gasteiger partial charge in [-0.2, -0.15) is 5.10 Å². The Balaban J connectivity index is 1.63. The van der Waals surface area contributed by atoms with E-state index in [1.54, 1.807) is 39.4 Å². The van der Waals surface area contributed by atoms with E-state index >= 15 is 0 Å². The van der Waals surface area contributed by atoms with Gasteiger partial charge in [-0.1, -0.05) is 19.1 Å². The van der Waals surface area contributed by atoms with Crippen LogP contribution < -0.4 is 20.8 Å². The summed E-state index contributed by atoms with van der Waals surface area (Å²) in [5, 5.41) is 7.32. The molecule has 3 N–H and O–H groups in total. The molecule has 11 nitrogen and oxygen atoms in total. The number of sulfonamides is 1. The molecule has 226 valence electrons. The van der Waals surface area contributed by atoms with E-state index in [1.165, 1.54) is 36.9 Å². The molecular formula is C30H28FN7O4S2. The summed E-state index contributed by atoms with van der Waals surface area (Å²) in [5.74, 6) is 0.0333. The maximum atomic E-state index is 14.5. The van der Waals surface area contributed by atoms with Crippen molar-refractivity contribution in [1.82, 2.24) is 24.1 Å². The van der Waals surface area contributed by atoms with Gasteiger partial charge >= 0.3 is 0 Å². The molecule has 1 unspecified atom stereocenters. The molecule has 2 aromatic carbocycles. The van der Waals surface area contributed by atoms with Crippen molar-refractivity contribution in [2.45, 2.75) is 26.3 Å². The van der Waals surface area contributed by atoms with Crippen molar-refractivity contribution in [2.75, 3.05) is 23.8 Å². The summed E-state index contributed by atoms with van der Waals surface area (Å²) in [7, 11) is -2.19. The zero-order chi connectivity index (χ0) is 31.3. The SMILES string of the molecule is CCC(c1cc2scc(C)n2c(=O)c1-c1cccc(F)c1)n1nc(-c2ccc(OC)c(NS(C)(=O)=O)c2)c2c(N)ncnc21. The van der Waals surface area contributed by atoms with E-state index in [-0.39, 0.29) is 17.1 Å². The number of halogens is 1. The van der Waals surface area contributed by atoms with Crippen LogP contribution in [0.1, 0.15) is 30.6 Å². The molecule has 0 aliphatic carbocycles. The molecule has 1 atom stereocenters. The number of benzene rings is 2.